The number of anilines is 1. The standard InChI is InChI=1S/C12H15NO2/c1-8-3-4-9(11(14)15)10(7-8)13-12(2)5-6-12/h3-4,7,13H,5-6H2,1-2H3,(H,14,15). The maximum atomic E-state index is 11.0. The Morgan fingerprint density at radius 2 is 2.13 bits per heavy atom. The van der Waals surface area contributed by atoms with Gasteiger partial charge in [-0.05, 0) is 44.4 Å². The highest BCUT2D eigenvalue weighted by molar-refractivity contribution is 5.94. The molecule has 1 saturated carbocycles. The molecular weight excluding hydrogens is 190 g/mol. The molecule has 0 unspecified atom stereocenters. The van der Waals surface area contributed by atoms with Gasteiger partial charge >= 0.3 is 5.97 Å². The summed E-state index contributed by atoms with van der Waals surface area (Å²) in [6.45, 7) is 4.08. The predicted molar refractivity (Wildman–Crippen MR) is 59.4 cm³/mol. The third-order valence-corrected chi connectivity index (χ3v) is 2.84. The van der Waals surface area contributed by atoms with Crippen LogP contribution in [0.25, 0.3) is 0 Å². The van der Waals surface area contributed by atoms with E-state index in [9.17, 15) is 4.79 Å². The third-order valence-electron chi connectivity index (χ3n) is 2.84. The van der Waals surface area contributed by atoms with Crippen LogP contribution in [0, 0.1) is 6.92 Å². The molecule has 0 amide bonds. The van der Waals surface area contributed by atoms with Crippen LogP contribution in [0.3, 0.4) is 0 Å². The van der Waals surface area contributed by atoms with Gasteiger partial charge in [0.05, 0.1) is 5.56 Å². The zero-order valence-corrected chi connectivity index (χ0v) is 9.00. The van der Waals surface area contributed by atoms with Gasteiger partial charge in [0, 0.05) is 11.2 Å². The number of rotatable bonds is 3. The lowest BCUT2D eigenvalue weighted by molar-refractivity contribution is 0.0698. The number of benzene rings is 1. The van der Waals surface area contributed by atoms with Gasteiger partial charge in [0.15, 0.2) is 0 Å². The maximum absolute atomic E-state index is 11.0. The van der Waals surface area contributed by atoms with E-state index < -0.39 is 5.97 Å². The van der Waals surface area contributed by atoms with E-state index in [1.54, 1.807) is 6.07 Å². The maximum Gasteiger partial charge on any atom is 0.337 e. The lowest BCUT2D eigenvalue weighted by Gasteiger charge is -2.15. The summed E-state index contributed by atoms with van der Waals surface area (Å²) in [5.74, 6) is -0.873. The van der Waals surface area contributed by atoms with Gasteiger partial charge in [-0.3, -0.25) is 0 Å². The molecule has 0 bridgehead atoms. The molecule has 3 heteroatoms. The molecule has 2 rings (SSSR count). The van der Waals surface area contributed by atoms with E-state index in [2.05, 4.69) is 12.2 Å². The first kappa shape index (κ1) is 10.0. The summed E-state index contributed by atoms with van der Waals surface area (Å²) >= 11 is 0. The van der Waals surface area contributed by atoms with Gasteiger partial charge in [-0.25, -0.2) is 4.79 Å². The highest BCUT2D eigenvalue weighted by atomic mass is 16.4. The smallest absolute Gasteiger partial charge is 0.337 e. The van der Waals surface area contributed by atoms with Crippen LogP contribution in [0.15, 0.2) is 18.2 Å². The lowest BCUT2D eigenvalue weighted by atomic mass is 10.1. The molecule has 0 atom stereocenters. The number of carbonyl (C=O) groups is 1. The van der Waals surface area contributed by atoms with E-state index >= 15 is 0 Å². The molecule has 2 N–H and O–H groups in total. The largest absolute Gasteiger partial charge is 0.478 e. The Labute approximate surface area is 89.1 Å². The van der Waals surface area contributed by atoms with Crippen LogP contribution in [0.5, 0.6) is 0 Å². The summed E-state index contributed by atoms with van der Waals surface area (Å²) in [6, 6.07) is 5.38. The fourth-order valence-corrected chi connectivity index (χ4v) is 1.59. The van der Waals surface area contributed by atoms with E-state index in [1.165, 1.54) is 0 Å². The van der Waals surface area contributed by atoms with Gasteiger partial charge in [-0.15, -0.1) is 0 Å². The van der Waals surface area contributed by atoms with Gasteiger partial charge < -0.3 is 10.4 Å². The van der Waals surface area contributed by atoms with Crippen LogP contribution >= 0.6 is 0 Å². The molecule has 1 aliphatic rings. The molecular formula is C12H15NO2. The van der Waals surface area contributed by atoms with E-state index in [1.807, 2.05) is 19.1 Å². The van der Waals surface area contributed by atoms with Crippen molar-refractivity contribution in [3.8, 4) is 0 Å². The van der Waals surface area contributed by atoms with Gasteiger partial charge in [-0.2, -0.15) is 0 Å². The van der Waals surface area contributed by atoms with Gasteiger partial charge in [-0.1, -0.05) is 6.07 Å². The van der Waals surface area contributed by atoms with Crippen molar-refractivity contribution in [1.29, 1.82) is 0 Å². The summed E-state index contributed by atoms with van der Waals surface area (Å²) in [7, 11) is 0. The molecule has 15 heavy (non-hydrogen) atoms. The summed E-state index contributed by atoms with van der Waals surface area (Å²) in [5.41, 5.74) is 2.28. The van der Waals surface area contributed by atoms with E-state index in [0.717, 1.165) is 24.1 Å². The second kappa shape index (κ2) is 3.26. The molecule has 0 saturated heterocycles. The number of carboxylic acids is 1. The summed E-state index contributed by atoms with van der Waals surface area (Å²) in [6.07, 6.45) is 2.22. The van der Waals surface area contributed by atoms with Crippen molar-refractivity contribution in [3.05, 3.63) is 29.3 Å². The fourth-order valence-electron chi connectivity index (χ4n) is 1.59. The molecule has 0 aliphatic heterocycles. The number of aryl methyl sites for hydroxylation is 1. The van der Waals surface area contributed by atoms with E-state index in [0.29, 0.717) is 5.56 Å². The Morgan fingerprint density at radius 3 is 2.67 bits per heavy atom. The summed E-state index contributed by atoms with van der Waals surface area (Å²) in [4.78, 5) is 11.0. The molecule has 80 valence electrons. The quantitative estimate of drug-likeness (QED) is 0.797. The van der Waals surface area contributed by atoms with Crippen molar-refractivity contribution in [2.75, 3.05) is 5.32 Å². The predicted octanol–water partition coefficient (Wildman–Crippen LogP) is 2.66. The molecule has 0 aromatic heterocycles. The van der Waals surface area contributed by atoms with Crippen molar-refractivity contribution in [2.45, 2.75) is 32.2 Å². The third kappa shape index (κ3) is 2.12. The van der Waals surface area contributed by atoms with Crippen LogP contribution in [0.2, 0.25) is 0 Å². The average Bonchev–Trinajstić information content (AvgIpc) is 2.82. The lowest BCUT2D eigenvalue weighted by Crippen LogP contribution is -2.18. The monoisotopic (exact) mass is 205 g/mol. The molecule has 1 aliphatic carbocycles. The summed E-state index contributed by atoms with van der Waals surface area (Å²) in [5, 5.41) is 12.3. The van der Waals surface area contributed by atoms with Crippen molar-refractivity contribution < 1.29 is 9.90 Å². The van der Waals surface area contributed by atoms with Gasteiger partial charge in [0.2, 0.25) is 0 Å². The minimum atomic E-state index is -0.873. The Kier molecular flexibility index (Phi) is 2.18. The first-order chi connectivity index (χ1) is 7.00. The molecule has 0 spiro atoms. The highest BCUT2D eigenvalue weighted by Gasteiger charge is 2.37. The van der Waals surface area contributed by atoms with Crippen molar-refractivity contribution >= 4 is 11.7 Å². The summed E-state index contributed by atoms with van der Waals surface area (Å²) < 4.78 is 0. The van der Waals surface area contributed by atoms with Crippen molar-refractivity contribution in [2.24, 2.45) is 0 Å². The van der Waals surface area contributed by atoms with Crippen molar-refractivity contribution in [3.63, 3.8) is 0 Å². The van der Waals surface area contributed by atoms with Crippen molar-refractivity contribution in [1.82, 2.24) is 0 Å². The number of aromatic carboxylic acids is 1. The molecule has 0 radical (unpaired) electrons. The highest BCUT2D eigenvalue weighted by Crippen LogP contribution is 2.39. The Balaban J connectivity index is 2.34. The topological polar surface area (TPSA) is 49.3 Å². The van der Waals surface area contributed by atoms with Gasteiger partial charge in [0.1, 0.15) is 0 Å². The first-order valence-corrected chi connectivity index (χ1v) is 5.12. The normalized spacial score (nSPS) is 17.2. The zero-order chi connectivity index (χ0) is 11.1. The Hall–Kier alpha value is -1.51. The Bertz CT molecular complexity index is 408. The number of hydrogen-bond donors (Lipinski definition) is 2. The van der Waals surface area contributed by atoms with E-state index in [4.69, 9.17) is 5.11 Å². The molecule has 1 fully saturated rings. The van der Waals surface area contributed by atoms with Crippen LogP contribution in [0.4, 0.5) is 5.69 Å². The second-order valence-corrected chi connectivity index (χ2v) is 4.54. The minimum absolute atomic E-state index is 0.109. The molecule has 1 aromatic carbocycles. The second-order valence-electron chi connectivity index (χ2n) is 4.54. The molecule has 0 heterocycles. The molecule has 1 aromatic rings. The number of nitrogens with one attached hydrogen (secondary N) is 1. The van der Waals surface area contributed by atoms with Crippen LogP contribution in [-0.2, 0) is 0 Å². The van der Waals surface area contributed by atoms with E-state index in [-0.39, 0.29) is 5.54 Å². The SMILES string of the molecule is Cc1ccc(C(=O)O)c(NC2(C)CC2)c1. The zero-order valence-electron chi connectivity index (χ0n) is 9.00. The minimum Gasteiger partial charge on any atom is -0.478 e. The first-order valence-electron chi connectivity index (χ1n) is 5.12. The van der Waals surface area contributed by atoms with Crippen LogP contribution in [-0.4, -0.2) is 16.6 Å². The number of carboxylic acid groups (broad SMARTS) is 1. The average molecular weight is 205 g/mol. The number of hydrogen-bond acceptors (Lipinski definition) is 2. The van der Waals surface area contributed by atoms with Crippen LogP contribution in [0.1, 0.15) is 35.7 Å². The Morgan fingerprint density at radius 1 is 1.47 bits per heavy atom. The van der Waals surface area contributed by atoms with Gasteiger partial charge in [0.25, 0.3) is 0 Å². The fraction of sp³-hybridized carbons (Fsp3) is 0.417. The molecule has 3 nitrogen and oxygen atoms in total. The van der Waals surface area contributed by atoms with Crippen LogP contribution < -0.4 is 5.32 Å².